The molecule has 3 aliphatic heterocycles. The summed E-state index contributed by atoms with van der Waals surface area (Å²) in [6, 6.07) is 9.67. The fourth-order valence-electron chi connectivity index (χ4n) is 4.01. The molecule has 2 atom stereocenters. The molecule has 5 rings (SSSR count). The van der Waals surface area contributed by atoms with Crippen LogP contribution in [0.25, 0.3) is 0 Å². The number of rotatable bonds is 2. The second kappa shape index (κ2) is 7.34. The van der Waals surface area contributed by atoms with Gasteiger partial charge in [0.05, 0.1) is 12.2 Å². The van der Waals surface area contributed by atoms with Gasteiger partial charge in [-0.15, -0.1) is 0 Å². The normalized spacial score (nSPS) is 21.7. The highest BCUT2D eigenvalue weighted by atomic mass is 16.2. The second-order valence-corrected chi connectivity index (χ2v) is 7.23. The molecule has 7 nitrogen and oxygen atoms in total. The first-order chi connectivity index (χ1) is 13.1. The van der Waals surface area contributed by atoms with E-state index >= 15 is 0 Å². The van der Waals surface area contributed by atoms with E-state index in [1.165, 1.54) is 12.4 Å². The lowest BCUT2D eigenvalue weighted by molar-refractivity contribution is 0.0736. The quantitative estimate of drug-likeness (QED) is 0.819. The van der Waals surface area contributed by atoms with Crippen LogP contribution in [-0.4, -0.2) is 64.4 Å². The van der Waals surface area contributed by atoms with Crippen molar-refractivity contribution < 1.29 is 9.59 Å². The molecule has 27 heavy (non-hydrogen) atoms. The van der Waals surface area contributed by atoms with Crippen LogP contribution < -0.4 is 4.90 Å². The van der Waals surface area contributed by atoms with Crippen LogP contribution in [0.5, 0.6) is 0 Å². The minimum absolute atomic E-state index is 0.00954. The molecule has 140 valence electrons. The van der Waals surface area contributed by atoms with Gasteiger partial charge in [-0.2, -0.15) is 0 Å². The monoisotopic (exact) mass is 365 g/mol. The van der Waals surface area contributed by atoms with Crippen molar-refractivity contribution in [2.45, 2.75) is 18.9 Å². The van der Waals surface area contributed by atoms with Crippen molar-refractivity contribution >= 4 is 17.6 Å². The minimum Gasteiger partial charge on any atom is -0.335 e. The molecule has 7 heteroatoms. The van der Waals surface area contributed by atoms with Crippen LogP contribution in [0.4, 0.5) is 10.5 Å². The molecule has 0 spiro atoms. The van der Waals surface area contributed by atoms with E-state index in [1.54, 1.807) is 18.1 Å². The molecule has 2 aromatic rings. The van der Waals surface area contributed by atoms with Crippen molar-refractivity contribution in [3.8, 4) is 0 Å². The number of anilines is 1. The summed E-state index contributed by atoms with van der Waals surface area (Å²) in [6.07, 6.45) is 6.55. The Morgan fingerprint density at radius 1 is 1.07 bits per heavy atom. The van der Waals surface area contributed by atoms with E-state index < -0.39 is 0 Å². The second-order valence-electron chi connectivity index (χ2n) is 7.23. The number of carbonyl (C=O) groups excluding carboxylic acids is 2. The third kappa shape index (κ3) is 3.49. The lowest BCUT2D eigenvalue weighted by Gasteiger charge is -2.38. The first-order valence-corrected chi connectivity index (χ1v) is 9.28. The van der Waals surface area contributed by atoms with Crippen molar-refractivity contribution in [3.05, 3.63) is 54.6 Å². The highest BCUT2D eigenvalue weighted by molar-refractivity contribution is 5.93. The zero-order valence-electron chi connectivity index (χ0n) is 15.4. The van der Waals surface area contributed by atoms with E-state index in [0.717, 1.165) is 18.5 Å². The van der Waals surface area contributed by atoms with Crippen LogP contribution in [0.2, 0.25) is 0 Å². The number of hydrogen-bond donors (Lipinski definition) is 0. The average molecular weight is 365 g/mol. The van der Waals surface area contributed by atoms with E-state index in [9.17, 15) is 9.59 Å². The summed E-state index contributed by atoms with van der Waals surface area (Å²) in [4.78, 5) is 39.5. The molecule has 1 aromatic heterocycles. The number of hydrogen-bond acceptors (Lipinski definition) is 4. The molecule has 0 aliphatic carbocycles. The van der Waals surface area contributed by atoms with Crippen molar-refractivity contribution in [1.82, 2.24) is 19.8 Å². The first kappa shape index (κ1) is 17.5. The number of piperidine rings is 1. The highest BCUT2D eigenvalue weighted by Gasteiger charge is 2.40. The summed E-state index contributed by atoms with van der Waals surface area (Å²) in [5, 5.41) is 0. The minimum atomic E-state index is -0.106. The van der Waals surface area contributed by atoms with E-state index in [1.807, 2.05) is 40.1 Å². The van der Waals surface area contributed by atoms with Crippen molar-refractivity contribution in [2.24, 2.45) is 5.92 Å². The average Bonchev–Trinajstić information content (AvgIpc) is 3.05. The molecule has 3 amide bonds. The van der Waals surface area contributed by atoms with E-state index in [2.05, 4.69) is 9.97 Å². The maximum absolute atomic E-state index is 13.1. The number of nitrogens with zero attached hydrogens (tertiary/aromatic N) is 5. The fourth-order valence-corrected chi connectivity index (χ4v) is 4.01. The van der Waals surface area contributed by atoms with Crippen LogP contribution in [-0.2, 0) is 0 Å². The van der Waals surface area contributed by atoms with Gasteiger partial charge in [-0.1, -0.05) is 18.2 Å². The number of amides is 3. The first-order valence-electron chi connectivity index (χ1n) is 9.28. The molecule has 0 N–H and O–H groups in total. The predicted molar refractivity (Wildman–Crippen MR) is 101 cm³/mol. The van der Waals surface area contributed by atoms with Crippen molar-refractivity contribution in [1.29, 1.82) is 0 Å². The van der Waals surface area contributed by atoms with Crippen molar-refractivity contribution in [2.75, 3.05) is 31.6 Å². The largest absolute Gasteiger partial charge is 0.335 e. The van der Waals surface area contributed by atoms with Gasteiger partial charge in [-0.3, -0.25) is 14.7 Å². The van der Waals surface area contributed by atoms with Crippen LogP contribution in [0.1, 0.15) is 23.3 Å². The van der Waals surface area contributed by atoms with Crippen LogP contribution >= 0.6 is 0 Å². The molecule has 1 aromatic carbocycles. The summed E-state index contributed by atoms with van der Waals surface area (Å²) in [5.41, 5.74) is 1.23. The molecule has 3 fully saturated rings. The third-order valence-electron chi connectivity index (χ3n) is 5.46. The predicted octanol–water partition coefficient (Wildman–Crippen LogP) is 2.27. The summed E-state index contributed by atoms with van der Waals surface area (Å²) in [5.74, 6) is 0.184. The smallest absolute Gasteiger partial charge is 0.324 e. The lowest BCUT2D eigenvalue weighted by Crippen LogP contribution is -2.52. The Hall–Kier alpha value is -2.96. The standard InChI is InChI=1S/C20H23N5O2/c1-23(16-5-3-2-4-6-16)20(27)25-13-15-7-8-17(25)14-24(12-15)19(26)18-11-21-9-10-22-18/h2-6,9-11,15,17H,7-8,12-14H2,1H3. The Kier molecular flexibility index (Phi) is 4.75. The van der Waals surface area contributed by atoms with Gasteiger partial charge in [0.1, 0.15) is 5.69 Å². The van der Waals surface area contributed by atoms with Gasteiger partial charge in [0.15, 0.2) is 0 Å². The highest BCUT2D eigenvalue weighted by Crippen LogP contribution is 2.30. The third-order valence-corrected chi connectivity index (χ3v) is 5.46. The van der Waals surface area contributed by atoms with Gasteiger partial charge < -0.3 is 9.80 Å². The van der Waals surface area contributed by atoms with Crippen LogP contribution in [0.3, 0.4) is 0 Å². The van der Waals surface area contributed by atoms with Gasteiger partial charge in [-0.25, -0.2) is 9.78 Å². The number of para-hydroxylation sites is 1. The van der Waals surface area contributed by atoms with Gasteiger partial charge in [0.2, 0.25) is 0 Å². The summed E-state index contributed by atoms with van der Waals surface area (Å²) in [7, 11) is 1.80. The van der Waals surface area contributed by atoms with Crippen LogP contribution in [0, 0.1) is 5.92 Å². The van der Waals surface area contributed by atoms with Gasteiger partial charge in [-0.05, 0) is 30.9 Å². The molecular weight excluding hydrogens is 342 g/mol. The summed E-state index contributed by atoms with van der Waals surface area (Å²) in [6.45, 7) is 1.88. The molecular formula is C20H23N5O2. The van der Waals surface area contributed by atoms with E-state index in [4.69, 9.17) is 0 Å². The maximum Gasteiger partial charge on any atom is 0.324 e. The molecule has 2 bridgehead atoms. The van der Waals surface area contributed by atoms with Crippen LogP contribution in [0.15, 0.2) is 48.9 Å². The fraction of sp³-hybridized carbons (Fsp3) is 0.400. The van der Waals surface area contributed by atoms with Gasteiger partial charge >= 0.3 is 6.03 Å². The molecule has 4 heterocycles. The SMILES string of the molecule is CN(C(=O)N1CC2CCC1CN(C(=O)c1cnccn1)C2)c1ccccc1. The Morgan fingerprint density at radius 3 is 2.63 bits per heavy atom. The Morgan fingerprint density at radius 2 is 1.89 bits per heavy atom. The zero-order chi connectivity index (χ0) is 18.8. The molecule has 3 aliphatic rings. The number of benzene rings is 1. The molecule has 3 saturated heterocycles. The van der Waals surface area contributed by atoms with Gasteiger partial charge in [0, 0.05) is 44.8 Å². The van der Waals surface area contributed by atoms with E-state index in [-0.39, 0.29) is 23.9 Å². The summed E-state index contributed by atoms with van der Waals surface area (Å²) >= 11 is 0. The number of fused-ring (bicyclic) bond motifs is 4. The number of aromatic nitrogens is 2. The lowest BCUT2D eigenvalue weighted by atomic mass is 9.95. The molecule has 2 unspecified atom stereocenters. The summed E-state index contributed by atoms with van der Waals surface area (Å²) < 4.78 is 0. The number of urea groups is 1. The zero-order valence-corrected chi connectivity index (χ0v) is 15.4. The topological polar surface area (TPSA) is 69.6 Å². The Balaban J connectivity index is 1.51. The number of carbonyl (C=O) groups is 2. The Labute approximate surface area is 158 Å². The van der Waals surface area contributed by atoms with Gasteiger partial charge in [0.25, 0.3) is 5.91 Å². The van der Waals surface area contributed by atoms with E-state index in [0.29, 0.717) is 25.3 Å². The molecule has 0 radical (unpaired) electrons. The Bertz CT molecular complexity index is 814. The van der Waals surface area contributed by atoms with Crippen molar-refractivity contribution in [3.63, 3.8) is 0 Å². The molecule has 0 saturated carbocycles. The maximum atomic E-state index is 13.1.